The number of unbranched alkanes of at least 4 members (excludes halogenated alkanes) is 1. The highest BCUT2D eigenvalue weighted by molar-refractivity contribution is 5.86. The van der Waals surface area contributed by atoms with Gasteiger partial charge in [0.2, 0.25) is 0 Å². The average Bonchev–Trinajstić information content (AvgIpc) is 2.86. The molecule has 0 saturated heterocycles. The van der Waals surface area contributed by atoms with Crippen LogP contribution in [0.3, 0.4) is 0 Å². The van der Waals surface area contributed by atoms with E-state index in [2.05, 4.69) is 43.4 Å². The lowest BCUT2D eigenvalue weighted by molar-refractivity contribution is -0.582. The summed E-state index contributed by atoms with van der Waals surface area (Å²) in [6.45, 7) is 6.91. The van der Waals surface area contributed by atoms with Gasteiger partial charge in [0.05, 0.1) is 7.11 Å². The van der Waals surface area contributed by atoms with Crippen molar-refractivity contribution < 1.29 is 9.50 Å². The normalized spacial score (nSPS) is 13.1. The quantitative estimate of drug-likeness (QED) is 0.216. The monoisotopic (exact) mass is 447 g/mol. The van der Waals surface area contributed by atoms with Crippen molar-refractivity contribution in [3.63, 3.8) is 0 Å². The third kappa shape index (κ3) is 6.88. The molecule has 0 radical (unpaired) electrons. The Morgan fingerprint density at radius 3 is 2.42 bits per heavy atom. The van der Waals surface area contributed by atoms with Gasteiger partial charge in [-0.3, -0.25) is 0 Å². The fourth-order valence-electron chi connectivity index (χ4n) is 4.51. The third-order valence-electron chi connectivity index (χ3n) is 6.55. The Kier molecular flexibility index (Phi) is 9.89. The molecule has 2 unspecified atom stereocenters. The van der Waals surface area contributed by atoms with Gasteiger partial charge in [-0.05, 0) is 53.9 Å². The summed E-state index contributed by atoms with van der Waals surface area (Å²) in [5.41, 5.74) is 2.03. The second-order valence-electron chi connectivity index (χ2n) is 8.86. The lowest BCUT2D eigenvalue weighted by Gasteiger charge is -2.16. The molecule has 0 heterocycles. The summed E-state index contributed by atoms with van der Waals surface area (Å²) in [4.78, 5) is 13.5. The molecule has 4 nitrogen and oxygen atoms in total. The number of nitrogens with one attached hydrogen (secondary N) is 1. The van der Waals surface area contributed by atoms with Gasteiger partial charge in [-0.1, -0.05) is 75.6 Å². The van der Waals surface area contributed by atoms with Crippen molar-refractivity contribution in [2.45, 2.75) is 52.0 Å². The Hall–Kier alpha value is -2.72. The standard InChI is InChI=1S/C29H39N2O2/c1-4-6-11-23(5-2)22-30-20-10-21-31(32)29(25-16-18-26(33-3)19-17-25)28-15-9-13-24-12-7-8-14-27(24)28/h7-9,12-19,23,29-30H,4-6,10-11,20-22H2,1-3H3/q+1. The zero-order valence-corrected chi connectivity index (χ0v) is 20.4. The molecule has 0 spiro atoms. The fourth-order valence-corrected chi connectivity index (χ4v) is 4.51. The first kappa shape index (κ1) is 24.9. The lowest BCUT2D eigenvalue weighted by atomic mass is 9.93. The van der Waals surface area contributed by atoms with E-state index in [4.69, 9.17) is 4.74 Å². The van der Waals surface area contributed by atoms with Gasteiger partial charge in [0, 0.05) is 33.8 Å². The number of nitrogens with zero attached hydrogens (tertiary/aromatic N) is 1. The predicted molar refractivity (Wildman–Crippen MR) is 138 cm³/mol. The molecule has 0 fully saturated rings. The van der Waals surface area contributed by atoms with Gasteiger partial charge in [-0.2, -0.15) is 0 Å². The molecular formula is C29H39N2O2+. The fraction of sp³-hybridized carbons (Fsp3) is 0.448. The van der Waals surface area contributed by atoms with Crippen LogP contribution in [0, 0.1) is 10.8 Å². The summed E-state index contributed by atoms with van der Waals surface area (Å²) >= 11 is 0. The molecular weight excluding hydrogens is 408 g/mol. The van der Waals surface area contributed by atoms with E-state index in [1.54, 1.807) is 7.11 Å². The van der Waals surface area contributed by atoms with Crippen LogP contribution < -0.4 is 10.1 Å². The molecule has 3 aromatic carbocycles. The number of hydrogen-bond donors (Lipinski definition) is 1. The number of rotatable bonds is 14. The van der Waals surface area contributed by atoms with Crippen LogP contribution in [-0.2, 0) is 0 Å². The van der Waals surface area contributed by atoms with Crippen LogP contribution in [0.5, 0.6) is 5.75 Å². The topological polar surface area (TPSA) is 41.3 Å². The van der Waals surface area contributed by atoms with E-state index in [0.717, 1.165) is 53.1 Å². The first-order valence-corrected chi connectivity index (χ1v) is 12.4. The number of hydrogen-bond acceptors (Lipinski definition) is 3. The van der Waals surface area contributed by atoms with Gasteiger partial charge in [0.25, 0.3) is 6.04 Å². The molecule has 3 aromatic rings. The SMILES string of the molecule is CCCCC(CC)CNCCC[N+](=O)C(c1ccc(OC)cc1)c1cccc2ccccc12. The smallest absolute Gasteiger partial charge is 0.251 e. The zero-order chi connectivity index (χ0) is 23.5. The van der Waals surface area contributed by atoms with Crippen LogP contribution in [0.2, 0.25) is 0 Å². The first-order valence-electron chi connectivity index (χ1n) is 12.4. The molecule has 0 aromatic heterocycles. The molecule has 0 saturated carbocycles. The van der Waals surface area contributed by atoms with Crippen molar-refractivity contribution in [2.75, 3.05) is 26.7 Å². The summed E-state index contributed by atoms with van der Waals surface area (Å²) in [6, 6.07) is 22.1. The second kappa shape index (κ2) is 13.1. The molecule has 0 aliphatic heterocycles. The summed E-state index contributed by atoms with van der Waals surface area (Å²) in [5, 5.41) is 5.86. The predicted octanol–water partition coefficient (Wildman–Crippen LogP) is 6.91. The summed E-state index contributed by atoms with van der Waals surface area (Å²) in [7, 11) is 1.66. The molecule has 4 heteroatoms. The van der Waals surface area contributed by atoms with E-state index in [9.17, 15) is 4.91 Å². The van der Waals surface area contributed by atoms with Crippen molar-refractivity contribution in [1.82, 2.24) is 5.32 Å². The lowest BCUT2D eigenvalue weighted by Crippen LogP contribution is -2.26. The summed E-state index contributed by atoms with van der Waals surface area (Å²) < 4.78 is 6.58. The van der Waals surface area contributed by atoms with E-state index in [0.29, 0.717) is 6.54 Å². The third-order valence-corrected chi connectivity index (χ3v) is 6.55. The molecule has 0 amide bonds. The van der Waals surface area contributed by atoms with Crippen molar-refractivity contribution in [3.05, 3.63) is 82.8 Å². The van der Waals surface area contributed by atoms with Crippen molar-refractivity contribution >= 4 is 10.8 Å². The van der Waals surface area contributed by atoms with E-state index in [1.165, 1.54) is 30.4 Å². The number of ether oxygens (including phenoxy) is 1. The number of benzene rings is 3. The molecule has 0 aliphatic carbocycles. The minimum atomic E-state index is -0.352. The van der Waals surface area contributed by atoms with Crippen molar-refractivity contribution in [2.24, 2.45) is 5.92 Å². The summed E-state index contributed by atoms with van der Waals surface area (Å²) in [5.74, 6) is 1.53. The highest BCUT2D eigenvalue weighted by Gasteiger charge is 2.30. The van der Waals surface area contributed by atoms with Gasteiger partial charge >= 0.3 is 0 Å². The van der Waals surface area contributed by atoms with Crippen molar-refractivity contribution in [1.29, 1.82) is 0 Å². The van der Waals surface area contributed by atoms with E-state index in [-0.39, 0.29) is 6.04 Å². The Balaban J connectivity index is 1.72. The van der Waals surface area contributed by atoms with E-state index >= 15 is 0 Å². The van der Waals surface area contributed by atoms with E-state index < -0.39 is 0 Å². The van der Waals surface area contributed by atoms with Gasteiger partial charge in [0.1, 0.15) is 5.75 Å². The van der Waals surface area contributed by atoms with Gasteiger partial charge < -0.3 is 10.1 Å². The first-order chi connectivity index (χ1) is 16.2. The maximum atomic E-state index is 13.5. The molecule has 176 valence electrons. The van der Waals surface area contributed by atoms with Crippen LogP contribution in [-0.4, -0.2) is 31.5 Å². The number of fused-ring (bicyclic) bond motifs is 1. The molecule has 0 aliphatic rings. The van der Waals surface area contributed by atoms with Crippen LogP contribution in [0.4, 0.5) is 0 Å². The zero-order valence-electron chi connectivity index (χ0n) is 20.4. The Labute approximate surface area is 198 Å². The largest absolute Gasteiger partial charge is 0.497 e. The Morgan fingerprint density at radius 1 is 0.939 bits per heavy atom. The van der Waals surface area contributed by atoms with Crippen molar-refractivity contribution in [3.8, 4) is 5.75 Å². The molecule has 3 rings (SSSR count). The number of methoxy groups -OCH3 is 1. The molecule has 1 N–H and O–H groups in total. The maximum absolute atomic E-state index is 13.5. The molecule has 2 atom stereocenters. The summed E-state index contributed by atoms with van der Waals surface area (Å²) in [6.07, 6.45) is 5.87. The van der Waals surface area contributed by atoms with Gasteiger partial charge in [0.15, 0.2) is 6.54 Å². The highest BCUT2D eigenvalue weighted by atomic mass is 16.5. The minimum absolute atomic E-state index is 0.352. The highest BCUT2D eigenvalue weighted by Crippen LogP contribution is 2.32. The Bertz CT molecular complexity index is 995. The van der Waals surface area contributed by atoms with E-state index in [1.807, 2.05) is 42.5 Å². The van der Waals surface area contributed by atoms with Crippen LogP contribution >= 0.6 is 0 Å². The second-order valence-corrected chi connectivity index (χ2v) is 8.86. The minimum Gasteiger partial charge on any atom is -0.497 e. The van der Waals surface area contributed by atoms with Gasteiger partial charge in [-0.15, -0.1) is 0 Å². The van der Waals surface area contributed by atoms with Crippen LogP contribution in [0.25, 0.3) is 10.8 Å². The Morgan fingerprint density at radius 2 is 1.70 bits per heavy atom. The van der Waals surface area contributed by atoms with Crippen LogP contribution in [0.1, 0.15) is 63.1 Å². The molecule has 33 heavy (non-hydrogen) atoms. The maximum Gasteiger partial charge on any atom is 0.251 e. The molecule has 0 bridgehead atoms. The van der Waals surface area contributed by atoms with Gasteiger partial charge in [-0.25, -0.2) is 0 Å². The van der Waals surface area contributed by atoms with Crippen LogP contribution in [0.15, 0.2) is 66.7 Å². The number of nitroso groups, excluding NO2 is 1. The average molecular weight is 448 g/mol.